The molecule has 24 heavy (non-hydrogen) atoms. The molecular formula is C17H14ClN3O2S. The molecule has 0 aromatic heterocycles. The third-order valence-corrected chi connectivity index (χ3v) is 4.27. The van der Waals surface area contributed by atoms with Crippen molar-refractivity contribution in [1.29, 1.82) is 0 Å². The molecule has 1 saturated heterocycles. The lowest BCUT2D eigenvalue weighted by Crippen LogP contribution is -2.19. The fourth-order valence-electron chi connectivity index (χ4n) is 1.98. The maximum absolute atomic E-state index is 11.1. The molecule has 7 heteroatoms. The molecule has 1 N–H and O–H groups in total. The molecule has 1 amide bonds. The van der Waals surface area contributed by atoms with Crippen molar-refractivity contribution in [2.75, 3.05) is 5.75 Å². The van der Waals surface area contributed by atoms with Crippen LogP contribution in [0.1, 0.15) is 11.1 Å². The molecule has 122 valence electrons. The van der Waals surface area contributed by atoms with Gasteiger partial charge in [-0.3, -0.25) is 4.79 Å². The van der Waals surface area contributed by atoms with Crippen LogP contribution in [0.2, 0.25) is 5.02 Å². The fraction of sp³-hybridized carbons (Fsp3) is 0.118. The molecule has 5 nitrogen and oxygen atoms in total. The Balaban J connectivity index is 1.66. The standard InChI is InChI=1S/C17H14ClN3O2S/c18-14-7-5-12(6-8-14)10-23-15-4-2-1-3-13(15)9-19-21-17-20-16(22)11-24-17/h1-9H,10-11H2,(H,20,21,22). The number of amides is 1. The molecule has 1 heterocycles. The van der Waals surface area contributed by atoms with E-state index in [0.29, 0.717) is 28.3 Å². The highest BCUT2D eigenvalue weighted by Crippen LogP contribution is 2.18. The molecule has 1 aliphatic heterocycles. The van der Waals surface area contributed by atoms with Gasteiger partial charge in [-0.05, 0) is 29.8 Å². The molecule has 0 atom stereocenters. The molecule has 0 bridgehead atoms. The summed E-state index contributed by atoms with van der Waals surface area (Å²) in [5.41, 5.74) is 1.83. The van der Waals surface area contributed by atoms with Crippen molar-refractivity contribution in [1.82, 2.24) is 5.32 Å². The number of halogens is 1. The van der Waals surface area contributed by atoms with E-state index in [-0.39, 0.29) is 5.91 Å². The zero-order valence-electron chi connectivity index (χ0n) is 12.6. The third-order valence-electron chi connectivity index (χ3n) is 3.16. The maximum Gasteiger partial charge on any atom is 0.236 e. The van der Waals surface area contributed by atoms with Crippen LogP contribution in [0.4, 0.5) is 0 Å². The van der Waals surface area contributed by atoms with Crippen molar-refractivity contribution in [3.8, 4) is 5.75 Å². The lowest BCUT2D eigenvalue weighted by molar-refractivity contribution is -0.116. The lowest BCUT2D eigenvalue weighted by Gasteiger charge is -2.08. The average Bonchev–Trinajstić information content (AvgIpc) is 3.01. The molecule has 2 aromatic rings. The van der Waals surface area contributed by atoms with Crippen LogP contribution in [-0.2, 0) is 11.4 Å². The van der Waals surface area contributed by atoms with Crippen LogP contribution in [0.5, 0.6) is 5.75 Å². The largest absolute Gasteiger partial charge is 0.488 e. The van der Waals surface area contributed by atoms with Crippen molar-refractivity contribution < 1.29 is 9.53 Å². The second-order valence-electron chi connectivity index (χ2n) is 4.94. The van der Waals surface area contributed by atoms with E-state index in [1.54, 1.807) is 6.21 Å². The minimum Gasteiger partial charge on any atom is -0.488 e. The number of ether oxygens (including phenoxy) is 1. The number of benzene rings is 2. The molecule has 0 unspecified atom stereocenters. The third kappa shape index (κ3) is 4.59. The van der Waals surface area contributed by atoms with Gasteiger partial charge >= 0.3 is 0 Å². The van der Waals surface area contributed by atoms with E-state index < -0.39 is 0 Å². The minimum atomic E-state index is -0.0550. The van der Waals surface area contributed by atoms with Crippen molar-refractivity contribution in [2.45, 2.75) is 6.61 Å². The molecule has 1 fully saturated rings. The number of para-hydroxylation sites is 1. The number of thioether (sulfide) groups is 1. The SMILES string of the molecule is O=C1CSC(=NN=Cc2ccccc2OCc2ccc(Cl)cc2)N1. The van der Waals surface area contributed by atoms with E-state index in [9.17, 15) is 4.79 Å². The highest BCUT2D eigenvalue weighted by Gasteiger charge is 2.15. The van der Waals surface area contributed by atoms with Crippen LogP contribution in [0.25, 0.3) is 0 Å². The molecule has 0 saturated carbocycles. The van der Waals surface area contributed by atoms with Crippen molar-refractivity contribution in [2.24, 2.45) is 10.2 Å². The number of nitrogens with zero attached hydrogens (tertiary/aromatic N) is 2. The summed E-state index contributed by atoms with van der Waals surface area (Å²) in [6, 6.07) is 15.1. The van der Waals surface area contributed by atoms with Gasteiger partial charge < -0.3 is 10.1 Å². The molecule has 0 spiro atoms. The summed E-state index contributed by atoms with van der Waals surface area (Å²) in [5, 5.41) is 11.8. The Hall–Kier alpha value is -2.31. The molecule has 0 aliphatic carbocycles. The Kier molecular flexibility index (Phi) is 5.51. The van der Waals surface area contributed by atoms with Crippen LogP contribution in [0.3, 0.4) is 0 Å². The summed E-state index contributed by atoms with van der Waals surface area (Å²) < 4.78 is 5.84. The van der Waals surface area contributed by atoms with Gasteiger partial charge in [-0.2, -0.15) is 5.10 Å². The smallest absolute Gasteiger partial charge is 0.236 e. The van der Waals surface area contributed by atoms with Gasteiger partial charge in [0.2, 0.25) is 5.91 Å². The van der Waals surface area contributed by atoms with E-state index in [2.05, 4.69) is 15.5 Å². The first-order valence-electron chi connectivity index (χ1n) is 7.21. The molecule has 0 radical (unpaired) electrons. The summed E-state index contributed by atoms with van der Waals surface area (Å²) in [6.07, 6.45) is 1.61. The normalized spacial score (nSPS) is 15.9. The minimum absolute atomic E-state index is 0.0550. The summed E-state index contributed by atoms with van der Waals surface area (Å²) >= 11 is 7.21. The summed E-state index contributed by atoms with van der Waals surface area (Å²) in [5.74, 6) is 1.04. The number of carbonyl (C=O) groups excluding carboxylic acids is 1. The van der Waals surface area contributed by atoms with Gasteiger partial charge in [0.05, 0.1) is 12.0 Å². The van der Waals surface area contributed by atoms with Gasteiger partial charge in [0, 0.05) is 10.6 Å². The topological polar surface area (TPSA) is 63.0 Å². The zero-order chi connectivity index (χ0) is 16.8. The Labute approximate surface area is 148 Å². The predicted molar refractivity (Wildman–Crippen MR) is 97.9 cm³/mol. The monoisotopic (exact) mass is 359 g/mol. The van der Waals surface area contributed by atoms with Gasteiger partial charge in [-0.25, -0.2) is 0 Å². The van der Waals surface area contributed by atoms with E-state index in [0.717, 1.165) is 11.1 Å². The molecule has 1 aliphatic rings. The quantitative estimate of drug-likeness (QED) is 0.656. The lowest BCUT2D eigenvalue weighted by atomic mass is 10.2. The van der Waals surface area contributed by atoms with Crippen molar-refractivity contribution in [3.05, 3.63) is 64.7 Å². The summed E-state index contributed by atoms with van der Waals surface area (Å²) in [6.45, 7) is 0.433. The van der Waals surface area contributed by atoms with E-state index in [1.807, 2.05) is 48.5 Å². The van der Waals surface area contributed by atoms with E-state index >= 15 is 0 Å². The van der Waals surface area contributed by atoms with Crippen LogP contribution < -0.4 is 10.1 Å². The Morgan fingerprint density at radius 2 is 2.00 bits per heavy atom. The fourth-order valence-corrected chi connectivity index (χ4v) is 2.74. The molecular weight excluding hydrogens is 346 g/mol. The van der Waals surface area contributed by atoms with Crippen molar-refractivity contribution >= 4 is 40.7 Å². The highest BCUT2D eigenvalue weighted by molar-refractivity contribution is 8.15. The highest BCUT2D eigenvalue weighted by atomic mass is 35.5. The van der Waals surface area contributed by atoms with Crippen LogP contribution in [0, 0.1) is 0 Å². The molecule has 2 aromatic carbocycles. The summed E-state index contributed by atoms with van der Waals surface area (Å²) in [4.78, 5) is 11.1. The number of carbonyl (C=O) groups is 1. The van der Waals surface area contributed by atoms with Crippen molar-refractivity contribution in [3.63, 3.8) is 0 Å². The number of rotatable bonds is 5. The molecule has 3 rings (SSSR count). The van der Waals surface area contributed by atoms with Crippen LogP contribution in [-0.4, -0.2) is 23.0 Å². The Bertz CT molecular complexity index is 791. The van der Waals surface area contributed by atoms with Crippen LogP contribution in [0.15, 0.2) is 58.7 Å². The first-order valence-corrected chi connectivity index (χ1v) is 8.57. The Morgan fingerprint density at radius 3 is 2.75 bits per heavy atom. The van der Waals surface area contributed by atoms with Gasteiger partial charge in [0.15, 0.2) is 5.17 Å². The van der Waals surface area contributed by atoms with E-state index in [1.165, 1.54) is 11.8 Å². The number of amidine groups is 1. The maximum atomic E-state index is 11.1. The number of nitrogens with one attached hydrogen (secondary N) is 1. The zero-order valence-corrected chi connectivity index (χ0v) is 14.2. The second kappa shape index (κ2) is 7.99. The average molecular weight is 360 g/mol. The number of hydrogen-bond acceptors (Lipinski definition) is 5. The van der Waals surface area contributed by atoms with Crippen LogP contribution >= 0.6 is 23.4 Å². The first-order chi connectivity index (χ1) is 11.7. The second-order valence-corrected chi connectivity index (χ2v) is 6.34. The van der Waals surface area contributed by atoms with Gasteiger partial charge in [0.25, 0.3) is 0 Å². The van der Waals surface area contributed by atoms with Gasteiger partial charge in [0.1, 0.15) is 12.4 Å². The number of hydrogen-bond donors (Lipinski definition) is 1. The van der Waals surface area contributed by atoms with E-state index in [4.69, 9.17) is 16.3 Å². The van der Waals surface area contributed by atoms with Gasteiger partial charge in [-0.15, -0.1) is 5.10 Å². The van der Waals surface area contributed by atoms with Gasteiger partial charge in [-0.1, -0.05) is 47.6 Å². The first kappa shape index (κ1) is 16.5. The predicted octanol–water partition coefficient (Wildman–Crippen LogP) is 3.47. The summed E-state index contributed by atoms with van der Waals surface area (Å²) in [7, 11) is 0. The Morgan fingerprint density at radius 1 is 1.21 bits per heavy atom.